The van der Waals surface area contributed by atoms with Gasteiger partial charge in [0.2, 0.25) is 0 Å². The quantitative estimate of drug-likeness (QED) is 0.862. The number of rotatable bonds is 5. The van der Waals surface area contributed by atoms with E-state index in [0.29, 0.717) is 26.1 Å². The van der Waals surface area contributed by atoms with E-state index >= 15 is 0 Å². The second kappa shape index (κ2) is 7.63. The third-order valence-electron chi connectivity index (χ3n) is 3.18. The van der Waals surface area contributed by atoms with Crippen LogP contribution in [-0.4, -0.2) is 54.4 Å². The zero-order chi connectivity index (χ0) is 15.2. The Hall–Kier alpha value is -1.31. The molecule has 0 bridgehead atoms. The predicted octanol–water partition coefficient (Wildman–Crippen LogP) is 1.83. The van der Waals surface area contributed by atoms with Crippen LogP contribution in [0, 0.1) is 0 Å². The Kier molecular flexibility index (Phi) is 5.84. The topological polar surface area (TPSA) is 78.9 Å². The lowest BCUT2D eigenvalue weighted by Gasteiger charge is -2.34. The Bertz CT molecular complexity index is 508. The average molecular weight is 333 g/mol. The molecule has 2 rings (SSSR count). The molecule has 1 aromatic rings. The predicted molar refractivity (Wildman–Crippen MR) is 80.0 cm³/mol. The Morgan fingerprint density at radius 2 is 2.33 bits per heavy atom. The summed E-state index contributed by atoms with van der Waals surface area (Å²) in [7, 11) is 0. The van der Waals surface area contributed by atoms with Crippen molar-refractivity contribution in [2.24, 2.45) is 0 Å². The van der Waals surface area contributed by atoms with Gasteiger partial charge in [0.1, 0.15) is 0 Å². The molecule has 21 heavy (non-hydrogen) atoms. The van der Waals surface area contributed by atoms with Gasteiger partial charge in [0.05, 0.1) is 30.0 Å². The average Bonchev–Trinajstić information content (AvgIpc) is 2.84. The molecule has 1 aliphatic heterocycles. The van der Waals surface area contributed by atoms with E-state index in [-0.39, 0.29) is 19.1 Å². The minimum atomic E-state index is -0.934. The summed E-state index contributed by atoms with van der Waals surface area (Å²) in [6, 6.07) is 3.11. The fourth-order valence-electron chi connectivity index (χ4n) is 2.17. The summed E-state index contributed by atoms with van der Waals surface area (Å²) in [6.45, 7) is 1.60. The fraction of sp³-hybridized carbons (Fsp3) is 0.538. The van der Waals surface area contributed by atoms with Crippen molar-refractivity contribution in [2.75, 3.05) is 26.3 Å². The number of hydrogen-bond donors (Lipinski definition) is 2. The molecule has 1 fully saturated rings. The molecule has 0 radical (unpaired) electrons. The largest absolute Gasteiger partial charge is 0.481 e. The van der Waals surface area contributed by atoms with Crippen molar-refractivity contribution in [1.29, 1.82) is 0 Å². The van der Waals surface area contributed by atoms with Crippen molar-refractivity contribution in [2.45, 2.75) is 18.9 Å². The number of urea groups is 1. The number of nitrogens with one attached hydrogen (secondary N) is 1. The molecular formula is C13H17ClN2O4S. The van der Waals surface area contributed by atoms with E-state index in [1.54, 1.807) is 4.90 Å². The van der Waals surface area contributed by atoms with Gasteiger partial charge in [-0.2, -0.15) is 0 Å². The molecule has 2 N–H and O–H groups in total. The molecule has 116 valence electrons. The van der Waals surface area contributed by atoms with Crippen LogP contribution in [0.4, 0.5) is 4.79 Å². The highest BCUT2D eigenvalue weighted by Crippen LogP contribution is 2.21. The minimum absolute atomic E-state index is 0.103. The summed E-state index contributed by atoms with van der Waals surface area (Å²) in [4.78, 5) is 25.6. The lowest BCUT2D eigenvalue weighted by molar-refractivity contribution is -0.139. The number of aliphatic carboxylic acids is 1. The van der Waals surface area contributed by atoms with Gasteiger partial charge >= 0.3 is 12.0 Å². The molecule has 1 atom stereocenters. The Morgan fingerprint density at radius 1 is 1.52 bits per heavy atom. The molecule has 0 spiro atoms. The van der Waals surface area contributed by atoms with Crippen LogP contribution in [0.25, 0.3) is 0 Å². The van der Waals surface area contributed by atoms with E-state index in [4.69, 9.17) is 21.4 Å². The zero-order valence-electron chi connectivity index (χ0n) is 11.4. The molecule has 6 nitrogen and oxygen atoms in total. The van der Waals surface area contributed by atoms with Gasteiger partial charge in [-0.3, -0.25) is 4.79 Å². The summed E-state index contributed by atoms with van der Waals surface area (Å²) in [5, 5.41) is 11.7. The first-order valence-corrected chi connectivity index (χ1v) is 7.84. The number of thiophene rings is 1. The van der Waals surface area contributed by atoms with Gasteiger partial charge in [-0.15, -0.1) is 11.3 Å². The van der Waals surface area contributed by atoms with E-state index in [0.717, 1.165) is 9.21 Å². The third kappa shape index (κ3) is 4.87. The highest BCUT2D eigenvalue weighted by molar-refractivity contribution is 7.16. The van der Waals surface area contributed by atoms with Crippen LogP contribution in [-0.2, 0) is 16.0 Å². The monoisotopic (exact) mass is 332 g/mol. The van der Waals surface area contributed by atoms with Gasteiger partial charge in [-0.25, -0.2) is 4.79 Å². The molecule has 0 aliphatic carbocycles. The highest BCUT2D eigenvalue weighted by atomic mass is 35.5. The number of amides is 2. The van der Waals surface area contributed by atoms with E-state index in [1.165, 1.54) is 11.3 Å². The lowest BCUT2D eigenvalue weighted by Crippen LogP contribution is -2.53. The molecule has 0 aromatic carbocycles. The first kappa shape index (κ1) is 16.1. The maximum absolute atomic E-state index is 12.1. The summed E-state index contributed by atoms with van der Waals surface area (Å²) in [6.07, 6.45) is 0.602. The summed E-state index contributed by atoms with van der Waals surface area (Å²) in [5.41, 5.74) is 0. The molecule has 0 saturated carbocycles. The number of nitrogens with zero attached hydrogens (tertiary/aromatic N) is 1. The molecule has 1 aliphatic rings. The Morgan fingerprint density at radius 3 is 3.00 bits per heavy atom. The maximum Gasteiger partial charge on any atom is 0.317 e. The smallest absolute Gasteiger partial charge is 0.317 e. The molecule has 2 heterocycles. The summed E-state index contributed by atoms with van der Waals surface area (Å²) in [5.74, 6) is -0.934. The Balaban J connectivity index is 1.81. The number of ether oxygens (including phenoxy) is 1. The SMILES string of the molecule is O=C(O)CC1COCCN1C(=O)NCCc1ccc(Cl)s1. The van der Waals surface area contributed by atoms with Crippen LogP contribution < -0.4 is 5.32 Å². The molecular weight excluding hydrogens is 316 g/mol. The van der Waals surface area contributed by atoms with Gasteiger partial charge < -0.3 is 20.1 Å². The molecule has 1 aromatic heterocycles. The number of carbonyl (C=O) groups excluding carboxylic acids is 1. The van der Waals surface area contributed by atoms with Crippen LogP contribution in [0.1, 0.15) is 11.3 Å². The Labute approximate surface area is 131 Å². The van der Waals surface area contributed by atoms with E-state index in [9.17, 15) is 9.59 Å². The zero-order valence-corrected chi connectivity index (χ0v) is 13.0. The maximum atomic E-state index is 12.1. The summed E-state index contributed by atoms with van der Waals surface area (Å²) < 4.78 is 5.97. The van der Waals surface area contributed by atoms with Gasteiger partial charge in [0, 0.05) is 18.0 Å². The normalized spacial score (nSPS) is 18.5. The van der Waals surface area contributed by atoms with Gasteiger partial charge in [-0.1, -0.05) is 11.6 Å². The van der Waals surface area contributed by atoms with Crippen LogP contribution in [0.5, 0.6) is 0 Å². The molecule has 1 unspecified atom stereocenters. The van der Waals surface area contributed by atoms with Crippen molar-refractivity contribution in [3.05, 3.63) is 21.3 Å². The van der Waals surface area contributed by atoms with E-state index < -0.39 is 12.0 Å². The van der Waals surface area contributed by atoms with Crippen LogP contribution in [0.2, 0.25) is 4.34 Å². The van der Waals surface area contributed by atoms with Crippen LogP contribution in [0.3, 0.4) is 0 Å². The lowest BCUT2D eigenvalue weighted by atomic mass is 10.1. The van der Waals surface area contributed by atoms with E-state index in [2.05, 4.69) is 5.32 Å². The van der Waals surface area contributed by atoms with Crippen molar-refractivity contribution in [1.82, 2.24) is 10.2 Å². The number of halogens is 1. The number of carboxylic acids is 1. The van der Waals surface area contributed by atoms with Crippen LogP contribution >= 0.6 is 22.9 Å². The van der Waals surface area contributed by atoms with Crippen molar-refractivity contribution in [3.63, 3.8) is 0 Å². The number of hydrogen-bond acceptors (Lipinski definition) is 4. The fourth-order valence-corrected chi connectivity index (χ4v) is 3.26. The molecule has 1 saturated heterocycles. The van der Waals surface area contributed by atoms with Crippen molar-refractivity contribution < 1.29 is 19.4 Å². The van der Waals surface area contributed by atoms with Crippen molar-refractivity contribution >= 4 is 34.9 Å². The number of carboxylic acid groups (broad SMARTS) is 1. The molecule has 8 heteroatoms. The number of carbonyl (C=O) groups is 2. The summed E-state index contributed by atoms with van der Waals surface area (Å²) >= 11 is 7.33. The number of morpholine rings is 1. The van der Waals surface area contributed by atoms with Gasteiger partial charge in [-0.05, 0) is 18.6 Å². The van der Waals surface area contributed by atoms with Gasteiger partial charge in [0.25, 0.3) is 0 Å². The second-order valence-electron chi connectivity index (χ2n) is 4.71. The molecule has 2 amide bonds. The third-order valence-corrected chi connectivity index (χ3v) is 4.47. The first-order chi connectivity index (χ1) is 10.1. The first-order valence-electron chi connectivity index (χ1n) is 6.64. The highest BCUT2D eigenvalue weighted by Gasteiger charge is 2.28. The van der Waals surface area contributed by atoms with Gasteiger partial charge in [0.15, 0.2) is 0 Å². The minimum Gasteiger partial charge on any atom is -0.481 e. The van der Waals surface area contributed by atoms with Crippen molar-refractivity contribution in [3.8, 4) is 0 Å². The van der Waals surface area contributed by atoms with Crippen LogP contribution in [0.15, 0.2) is 12.1 Å². The second-order valence-corrected chi connectivity index (χ2v) is 6.51. The van der Waals surface area contributed by atoms with E-state index in [1.807, 2.05) is 12.1 Å². The standard InChI is InChI=1S/C13H17ClN2O4S/c14-11-2-1-10(21-11)3-4-15-13(19)16-5-6-20-8-9(16)7-12(17)18/h1-2,9H,3-8H2,(H,15,19)(H,17,18).